The normalized spacial score (nSPS) is 10.8. The third kappa shape index (κ3) is 3.32. The first-order chi connectivity index (χ1) is 12.7. The van der Waals surface area contributed by atoms with E-state index in [0.29, 0.717) is 29.7 Å². The van der Waals surface area contributed by atoms with E-state index in [1.54, 1.807) is 18.6 Å². The van der Waals surface area contributed by atoms with E-state index in [-0.39, 0.29) is 0 Å². The summed E-state index contributed by atoms with van der Waals surface area (Å²) in [6.45, 7) is 4.36. The first-order valence-corrected chi connectivity index (χ1v) is 8.19. The third-order valence-electron chi connectivity index (χ3n) is 3.86. The van der Waals surface area contributed by atoms with Gasteiger partial charge in [0.2, 0.25) is 5.95 Å². The number of rotatable bonds is 5. The minimum Gasteiger partial charge on any atom is -0.460 e. The van der Waals surface area contributed by atoms with Crippen molar-refractivity contribution in [3.63, 3.8) is 0 Å². The molecule has 0 fully saturated rings. The highest BCUT2D eigenvalue weighted by atomic mass is 16.5. The maximum atomic E-state index is 5.77. The number of furan rings is 1. The van der Waals surface area contributed by atoms with Crippen LogP contribution in [0.25, 0.3) is 22.8 Å². The summed E-state index contributed by atoms with van der Waals surface area (Å²) in [4.78, 5) is 13.1. The molecule has 0 spiro atoms. The molecule has 0 unspecified atom stereocenters. The fourth-order valence-electron chi connectivity index (χ4n) is 2.57. The minimum atomic E-state index is 0.505. The Morgan fingerprint density at radius 1 is 1.04 bits per heavy atom. The van der Waals surface area contributed by atoms with Gasteiger partial charge in [0.25, 0.3) is 0 Å². The zero-order valence-corrected chi connectivity index (χ0v) is 14.4. The Hall–Kier alpha value is -3.48. The Kier molecular flexibility index (Phi) is 4.18. The van der Waals surface area contributed by atoms with Crippen molar-refractivity contribution < 1.29 is 8.94 Å². The number of hydrogen-bond donors (Lipinski definition) is 1. The number of aromatic nitrogens is 4. The largest absolute Gasteiger partial charge is 0.460 e. The van der Waals surface area contributed by atoms with Crippen LogP contribution in [0.5, 0.6) is 0 Å². The number of nitrogens with one attached hydrogen (secondary N) is 1. The van der Waals surface area contributed by atoms with Crippen LogP contribution in [0.15, 0.2) is 57.9 Å². The van der Waals surface area contributed by atoms with Crippen LogP contribution in [-0.2, 0) is 6.54 Å². The summed E-state index contributed by atoms with van der Waals surface area (Å²) in [7, 11) is 0. The van der Waals surface area contributed by atoms with Crippen molar-refractivity contribution in [2.75, 3.05) is 5.32 Å². The molecule has 0 atom stereocenters. The van der Waals surface area contributed by atoms with Crippen LogP contribution in [0.4, 0.5) is 5.95 Å². The van der Waals surface area contributed by atoms with E-state index in [4.69, 9.17) is 8.94 Å². The molecule has 0 radical (unpaired) electrons. The van der Waals surface area contributed by atoms with Crippen LogP contribution in [0.1, 0.15) is 17.0 Å². The number of nitrogens with zero attached hydrogens (tertiary/aromatic N) is 4. The quantitative estimate of drug-likeness (QED) is 0.583. The van der Waals surface area contributed by atoms with Gasteiger partial charge in [-0.3, -0.25) is 4.98 Å². The fourth-order valence-corrected chi connectivity index (χ4v) is 2.57. The molecule has 0 aliphatic rings. The molecule has 4 rings (SSSR count). The van der Waals surface area contributed by atoms with E-state index in [9.17, 15) is 0 Å². The van der Waals surface area contributed by atoms with E-state index in [0.717, 1.165) is 22.6 Å². The molecule has 0 saturated heterocycles. The second-order valence-corrected chi connectivity index (χ2v) is 5.91. The van der Waals surface area contributed by atoms with E-state index in [1.165, 1.54) is 0 Å². The molecular formula is C19H17N5O2. The maximum Gasteiger partial charge on any atom is 0.223 e. The van der Waals surface area contributed by atoms with Gasteiger partial charge in [0.05, 0.1) is 11.3 Å². The van der Waals surface area contributed by atoms with Gasteiger partial charge < -0.3 is 14.3 Å². The number of pyridine rings is 1. The van der Waals surface area contributed by atoms with Crippen molar-refractivity contribution >= 4 is 5.95 Å². The summed E-state index contributed by atoms with van der Waals surface area (Å²) < 4.78 is 11.2. The lowest BCUT2D eigenvalue weighted by Crippen LogP contribution is -2.04. The Balaban J connectivity index is 1.69. The van der Waals surface area contributed by atoms with Crippen LogP contribution in [0.2, 0.25) is 0 Å². The van der Waals surface area contributed by atoms with Crippen molar-refractivity contribution in [1.29, 1.82) is 0 Å². The van der Waals surface area contributed by atoms with Crippen molar-refractivity contribution in [3.05, 3.63) is 65.9 Å². The summed E-state index contributed by atoms with van der Waals surface area (Å²) in [5.74, 6) is 2.57. The highest BCUT2D eigenvalue weighted by molar-refractivity contribution is 5.75. The summed E-state index contributed by atoms with van der Waals surface area (Å²) in [6, 6.07) is 9.51. The molecule has 0 aliphatic heterocycles. The van der Waals surface area contributed by atoms with Gasteiger partial charge in [-0.2, -0.15) is 0 Å². The van der Waals surface area contributed by atoms with Crippen LogP contribution < -0.4 is 5.32 Å². The molecule has 26 heavy (non-hydrogen) atoms. The van der Waals surface area contributed by atoms with Crippen LogP contribution in [0.3, 0.4) is 0 Å². The van der Waals surface area contributed by atoms with E-state index < -0.39 is 0 Å². The minimum absolute atomic E-state index is 0.505. The summed E-state index contributed by atoms with van der Waals surface area (Å²) in [6.07, 6.45) is 5.23. The first kappa shape index (κ1) is 16.0. The van der Waals surface area contributed by atoms with Gasteiger partial charge in [-0.15, -0.1) is 0 Å². The molecule has 7 heteroatoms. The smallest absolute Gasteiger partial charge is 0.223 e. The molecule has 4 aromatic heterocycles. The van der Waals surface area contributed by atoms with Gasteiger partial charge in [0, 0.05) is 31.2 Å². The Labute approximate surface area is 150 Å². The Morgan fingerprint density at radius 2 is 1.88 bits per heavy atom. The van der Waals surface area contributed by atoms with Gasteiger partial charge >= 0.3 is 0 Å². The van der Waals surface area contributed by atoms with Gasteiger partial charge in [-0.25, -0.2) is 9.97 Å². The molecular weight excluding hydrogens is 330 g/mol. The third-order valence-corrected chi connectivity index (χ3v) is 3.86. The molecule has 0 aliphatic carbocycles. The molecule has 0 amide bonds. The highest BCUT2D eigenvalue weighted by Crippen LogP contribution is 2.32. The fraction of sp³-hybridized carbons (Fsp3) is 0.158. The lowest BCUT2D eigenvalue weighted by Gasteiger charge is -2.08. The first-order valence-electron chi connectivity index (χ1n) is 8.19. The standard InChI is InChI=1S/C19H17N5O2/c1-12-9-17(26-24-12)15-11-22-19(21-10-14-5-7-20-8-6-14)23-18(15)16-4-3-13(2)25-16/h3-9,11H,10H2,1-2H3,(H,21,22,23). The number of anilines is 1. The monoisotopic (exact) mass is 347 g/mol. The SMILES string of the molecule is Cc1cc(-c2cnc(NCc3ccncc3)nc2-c2ccc(C)o2)on1. The van der Waals surface area contributed by atoms with Gasteiger partial charge in [0.1, 0.15) is 11.5 Å². The molecule has 4 heterocycles. The van der Waals surface area contributed by atoms with E-state index >= 15 is 0 Å². The van der Waals surface area contributed by atoms with Gasteiger partial charge in [-0.1, -0.05) is 5.16 Å². The summed E-state index contributed by atoms with van der Waals surface area (Å²) >= 11 is 0. The van der Waals surface area contributed by atoms with Gasteiger partial charge in [0.15, 0.2) is 11.5 Å². The Morgan fingerprint density at radius 3 is 2.58 bits per heavy atom. The molecule has 7 nitrogen and oxygen atoms in total. The van der Waals surface area contributed by atoms with Crippen molar-refractivity contribution in [3.8, 4) is 22.8 Å². The molecule has 4 aromatic rings. The topological polar surface area (TPSA) is 89.9 Å². The second-order valence-electron chi connectivity index (χ2n) is 5.91. The van der Waals surface area contributed by atoms with E-state index in [1.807, 2.05) is 44.2 Å². The van der Waals surface area contributed by atoms with Crippen LogP contribution in [0, 0.1) is 13.8 Å². The summed E-state index contributed by atoms with van der Waals surface area (Å²) in [5.41, 5.74) is 3.27. The van der Waals surface area contributed by atoms with Crippen LogP contribution >= 0.6 is 0 Å². The predicted molar refractivity (Wildman–Crippen MR) is 96.3 cm³/mol. The number of aryl methyl sites for hydroxylation is 2. The molecule has 0 aromatic carbocycles. The Bertz CT molecular complexity index is 1020. The van der Waals surface area contributed by atoms with Gasteiger partial charge in [-0.05, 0) is 43.7 Å². The van der Waals surface area contributed by atoms with E-state index in [2.05, 4.69) is 25.4 Å². The zero-order valence-electron chi connectivity index (χ0n) is 14.4. The molecule has 0 bridgehead atoms. The zero-order chi connectivity index (χ0) is 17.9. The van der Waals surface area contributed by atoms with Crippen LogP contribution in [-0.4, -0.2) is 20.1 Å². The second kappa shape index (κ2) is 6.79. The molecule has 1 N–H and O–H groups in total. The van der Waals surface area contributed by atoms with Crippen molar-refractivity contribution in [1.82, 2.24) is 20.1 Å². The lowest BCUT2D eigenvalue weighted by atomic mass is 10.1. The van der Waals surface area contributed by atoms with Crippen molar-refractivity contribution in [2.24, 2.45) is 0 Å². The average Bonchev–Trinajstić information content (AvgIpc) is 3.29. The maximum absolute atomic E-state index is 5.77. The average molecular weight is 347 g/mol. The predicted octanol–water partition coefficient (Wildman–Crippen LogP) is 4.02. The summed E-state index contributed by atoms with van der Waals surface area (Å²) in [5, 5.41) is 7.17. The molecule has 0 saturated carbocycles. The van der Waals surface area contributed by atoms with Crippen molar-refractivity contribution in [2.45, 2.75) is 20.4 Å². The molecule has 130 valence electrons. The highest BCUT2D eigenvalue weighted by Gasteiger charge is 2.17. The lowest BCUT2D eigenvalue weighted by molar-refractivity contribution is 0.427. The number of hydrogen-bond acceptors (Lipinski definition) is 7.